The van der Waals surface area contributed by atoms with Gasteiger partial charge in [0.05, 0.1) is 0 Å². The van der Waals surface area contributed by atoms with Crippen LogP contribution in [0.5, 0.6) is 11.5 Å². The van der Waals surface area contributed by atoms with E-state index in [9.17, 15) is 10.2 Å². The van der Waals surface area contributed by atoms with Crippen molar-refractivity contribution in [2.24, 2.45) is 23.2 Å². The van der Waals surface area contributed by atoms with Gasteiger partial charge in [-0.25, -0.2) is 0 Å². The van der Waals surface area contributed by atoms with Crippen molar-refractivity contribution in [2.75, 3.05) is 0 Å². The second-order valence-corrected chi connectivity index (χ2v) is 8.83. The highest BCUT2D eigenvalue weighted by Crippen LogP contribution is 2.61. The van der Waals surface area contributed by atoms with Crippen molar-refractivity contribution in [1.82, 2.24) is 0 Å². The fraction of sp³-hybridized carbons (Fsp3) is 0.692. The molecule has 0 radical (unpaired) electrons. The van der Waals surface area contributed by atoms with Gasteiger partial charge in [0, 0.05) is 11.0 Å². The van der Waals surface area contributed by atoms with E-state index in [1.165, 1.54) is 18.4 Å². The van der Waals surface area contributed by atoms with Gasteiger partial charge in [0.15, 0.2) is 11.5 Å². The average molecular weight is 389 g/mol. The van der Waals surface area contributed by atoms with E-state index < -0.39 is 0 Å². The Bertz CT molecular complexity index is 688. The topological polar surface area (TPSA) is 40.5 Å². The summed E-state index contributed by atoms with van der Waals surface area (Å²) in [4.78, 5) is 0. The first-order valence-electron chi connectivity index (χ1n) is 11.4. The van der Waals surface area contributed by atoms with Crippen molar-refractivity contribution in [2.45, 2.75) is 93.9 Å². The lowest BCUT2D eigenvalue weighted by Gasteiger charge is -2.58. The number of hydrogen-bond acceptors (Lipinski definition) is 2. The van der Waals surface area contributed by atoms with E-state index in [2.05, 4.69) is 46.8 Å². The second kappa shape index (κ2) is 9.37. The van der Waals surface area contributed by atoms with Gasteiger partial charge in [-0.15, -0.1) is 0 Å². The Hall–Kier alpha value is -1.44. The van der Waals surface area contributed by atoms with Gasteiger partial charge in [-0.1, -0.05) is 74.5 Å². The SMILES string of the molecule is CC.CC.CCC1(C)C(C(C)C)CCC2(C)c3cc(O)c(O)c(C)c3C=CC21. The first kappa shape index (κ1) is 24.6. The van der Waals surface area contributed by atoms with Crippen LogP contribution in [0.1, 0.15) is 98.3 Å². The Balaban J connectivity index is 0.000000921. The van der Waals surface area contributed by atoms with E-state index in [4.69, 9.17) is 0 Å². The molecule has 0 saturated heterocycles. The van der Waals surface area contributed by atoms with Crippen LogP contribution in [0.3, 0.4) is 0 Å². The number of fused-ring (bicyclic) bond motifs is 3. The lowest BCUT2D eigenvalue weighted by atomic mass is 9.46. The molecule has 0 amide bonds. The summed E-state index contributed by atoms with van der Waals surface area (Å²) in [5.41, 5.74) is 3.40. The third-order valence-electron chi connectivity index (χ3n) is 7.43. The zero-order valence-electron chi connectivity index (χ0n) is 20.0. The number of phenols is 2. The molecule has 28 heavy (non-hydrogen) atoms. The van der Waals surface area contributed by atoms with Crippen molar-refractivity contribution in [3.05, 3.63) is 28.8 Å². The maximum Gasteiger partial charge on any atom is 0.161 e. The number of benzene rings is 1. The molecule has 2 N–H and O–H groups in total. The zero-order chi connectivity index (χ0) is 21.9. The first-order valence-corrected chi connectivity index (χ1v) is 11.4. The van der Waals surface area contributed by atoms with E-state index >= 15 is 0 Å². The highest BCUT2D eigenvalue weighted by molar-refractivity contribution is 5.69. The molecular weight excluding hydrogens is 344 g/mol. The number of rotatable bonds is 2. The van der Waals surface area contributed by atoms with E-state index in [1.807, 2.05) is 40.7 Å². The lowest BCUT2D eigenvalue weighted by molar-refractivity contribution is -0.0171. The largest absolute Gasteiger partial charge is 0.504 e. The van der Waals surface area contributed by atoms with Gasteiger partial charge in [-0.2, -0.15) is 0 Å². The minimum Gasteiger partial charge on any atom is -0.504 e. The van der Waals surface area contributed by atoms with Gasteiger partial charge in [0.25, 0.3) is 0 Å². The third-order valence-corrected chi connectivity index (χ3v) is 7.43. The van der Waals surface area contributed by atoms with Gasteiger partial charge in [-0.3, -0.25) is 0 Å². The number of hydrogen-bond donors (Lipinski definition) is 2. The Labute approximate surface area is 174 Å². The van der Waals surface area contributed by atoms with E-state index in [0.717, 1.165) is 23.5 Å². The fourth-order valence-corrected chi connectivity index (χ4v) is 5.89. The molecule has 1 aromatic carbocycles. The van der Waals surface area contributed by atoms with Crippen LogP contribution in [0.25, 0.3) is 6.08 Å². The third kappa shape index (κ3) is 3.72. The van der Waals surface area contributed by atoms with Crippen LogP contribution < -0.4 is 0 Å². The van der Waals surface area contributed by atoms with Crippen LogP contribution >= 0.6 is 0 Å². The van der Waals surface area contributed by atoms with Crippen molar-refractivity contribution in [3.8, 4) is 11.5 Å². The molecule has 160 valence electrons. The van der Waals surface area contributed by atoms with Crippen LogP contribution in [0.2, 0.25) is 0 Å². The maximum absolute atomic E-state index is 10.2. The zero-order valence-corrected chi connectivity index (χ0v) is 20.0. The number of aromatic hydroxyl groups is 2. The molecule has 2 nitrogen and oxygen atoms in total. The molecule has 2 heteroatoms. The fourth-order valence-electron chi connectivity index (χ4n) is 5.89. The number of allylic oxidation sites excluding steroid dienone is 1. The molecule has 0 spiro atoms. The van der Waals surface area contributed by atoms with Gasteiger partial charge in [-0.05, 0) is 66.5 Å². The highest BCUT2D eigenvalue weighted by atomic mass is 16.3. The monoisotopic (exact) mass is 388 g/mol. The minimum atomic E-state index is 0.0192. The Kier molecular flexibility index (Phi) is 8.23. The molecule has 1 fully saturated rings. The molecule has 0 bridgehead atoms. The predicted molar refractivity (Wildman–Crippen MR) is 123 cm³/mol. The van der Waals surface area contributed by atoms with Crippen molar-refractivity contribution >= 4 is 6.08 Å². The van der Waals surface area contributed by atoms with Crippen molar-refractivity contribution in [1.29, 1.82) is 0 Å². The van der Waals surface area contributed by atoms with E-state index in [-0.39, 0.29) is 22.3 Å². The number of phenolic OH excluding ortho intramolecular Hbond substituents is 2. The molecule has 0 aliphatic heterocycles. The van der Waals surface area contributed by atoms with Gasteiger partial charge in [0.1, 0.15) is 0 Å². The summed E-state index contributed by atoms with van der Waals surface area (Å²) in [5.74, 6) is 1.91. The highest BCUT2D eigenvalue weighted by Gasteiger charge is 2.54. The summed E-state index contributed by atoms with van der Waals surface area (Å²) in [6, 6.07) is 1.82. The molecule has 4 unspecified atom stereocenters. The second-order valence-electron chi connectivity index (χ2n) is 8.83. The van der Waals surface area contributed by atoms with Crippen LogP contribution in [-0.2, 0) is 5.41 Å². The molecule has 2 aliphatic rings. The van der Waals surface area contributed by atoms with Crippen molar-refractivity contribution < 1.29 is 10.2 Å². The van der Waals surface area contributed by atoms with Gasteiger partial charge < -0.3 is 10.2 Å². The summed E-state index contributed by atoms with van der Waals surface area (Å²) in [5, 5.41) is 20.3. The summed E-state index contributed by atoms with van der Waals surface area (Å²) in [6.45, 7) is 21.8. The minimum absolute atomic E-state index is 0.0192. The van der Waals surface area contributed by atoms with Crippen LogP contribution in [0.15, 0.2) is 12.1 Å². The lowest BCUT2D eigenvalue weighted by Crippen LogP contribution is -2.52. The molecule has 4 atom stereocenters. The standard InChI is InChI=1S/C22H32O2.2C2H6/c1-7-21(5)16(13(2)3)10-11-22(6)17-12-18(23)20(24)14(4)15(17)8-9-19(21)22;2*1-2/h8-9,12-13,16,19,23-24H,7,10-11H2,1-6H3;2*1-2H3. The molecule has 2 aliphatic carbocycles. The van der Waals surface area contributed by atoms with Gasteiger partial charge in [0.2, 0.25) is 0 Å². The summed E-state index contributed by atoms with van der Waals surface area (Å²) < 4.78 is 0. The predicted octanol–water partition coefficient (Wildman–Crippen LogP) is 7.84. The van der Waals surface area contributed by atoms with Crippen LogP contribution in [0, 0.1) is 30.1 Å². The molecule has 1 saturated carbocycles. The molecule has 1 aromatic rings. The molecule has 0 aromatic heterocycles. The maximum atomic E-state index is 10.2. The molecular formula is C26H44O2. The quantitative estimate of drug-likeness (QED) is 0.506. The van der Waals surface area contributed by atoms with Crippen LogP contribution in [-0.4, -0.2) is 10.2 Å². The summed E-state index contributed by atoms with van der Waals surface area (Å²) in [7, 11) is 0. The summed E-state index contributed by atoms with van der Waals surface area (Å²) in [6.07, 6.45) is 8.11. The van der Waals surface area contributed by atoms with Crippen molar-refractivity contribution in [3.63, 3.8) is 0 Å². The Morgan fingerprint density at radius 3 is 2.18 bits per heavy atom. The Morgan fingerprint density at radius 2 is 1.68 bits per heavy atom. The first-order chi connectivity index (χ1) is 13.2. The Morgan fingerprint density at radius 1 is 1.11 bits per heavy atom. The normalized spacial score (nSPS) is 30.4. The smallest absolute Gasteiger partial charge is 0.161 e. The van der Waals surface area contributed by atoms with E-state index in [0.29, 0.717) is 11.8 Å². The molecule has 3 rings (SSSR count). The average Bonchev–Trinajstić information content (AvgIpc) is 2.69. The summed E-state index contributed by atoms with van der Waals surface area (Å²) >= 11 is 0. The van der Waals surface area contributed by atoms with Gasteiger partial charge >= 0.3 is 0 Å². The van der Waals surface area contributed by atoms with Crippen LogP contribution in [0.4, 0.5) is 0 Å². The molecule has 0 heterocycles. The van der Waals surface area contributed by atoms with E-state index in [1.54, 1.807) is 0 Å².